The van der Waals surface area contributed by atoms with E-state index in [0.29, 0.717) is 53.0 Å². The summed E-state index contributed by atoms with van der Waals surface area (Å²) in [5, 5.41) is 0. The average Bonchev–Trinajstić information content (AvgIpc) is 2.79. The van der Waals surface area contributed by atoms with Gasteiger partial charge in [0.25, 0.3) is 0 Å². The molecule has 4 rings (SSSR count). The van der Waals surface area contributed by atoms with Gasteiger partial charge in [0.2, 0.25) is 0 Å². The van der Waals surface area contributed by atoms with Crippen molar-refractivity contribution in [2.24, 2.45) is 40.4 Å². The maximum Gasteiger partial charge on any atom is 0.139 e. The Labute approximate surface area is 140 Å². The van der Waals surface area contributed by atoms with Gasteiger partial charge in [-0.25, -0.2) is 0 Å². The van der Waals surface area contributed by atoms with E-state index in [1.807, 2.05) is 0 Å². The molecule has 2 nitrogen and oxygen atoms in total. The minimum atomic E-state index is -0.103. The number of carbonyl (C=O) groups excluding carboxylic acids is 2. The van der Waals surface area contributed by atoms with Crippen LogP contribution in [0.4, 0.5) is 0 Å². The average molecular weight is 314 g/mol. The van der Waals surface area contributed by atoms with Crippen LogP contribution in [0.25, 0.3) is 0 Å². The number of ketones is 2. The van der Waals surface area contributed by atoms with E-state index in [1.165, 1.54) is 19.3 Å². The molecular formula is C21H30O2. The third-order valence-corrected chi connectivity index (χ3v) is 8.56. The first-order chi connectivity index (χ1) is 10.9. The molecule has 4 saturated carbocycles. The maximum absolute atomic E-state index is 12.7. The number of hydrogen-bond acceptors (Lipinski definition) is 2. The second kappa shape index (κ2) is 5.04. The van der Waals surface area contributed by atoms with Crippen LogP contribution in [-0.4, -0.2) is 11.6 Å². The summed E-state index contributed by atoms with van der Waals surface area (Å²) >= 11 is 0. The number of hydrogen-bond donors (Lipinski definition) is 0. The van der Waals surface area contributed by atoms with Crippen LogP contribution in [0, 0.1) is 40.4 Å². The van der Waals surface area contributed by atoms with E-state index in [2.05, 4.69) is 26.5 Å². The Hall–Kier alpha value is -0.920. The van der Waals surface area contributed by atoms with Crippen molar-refractivity contribution in [2.45, 2.75) is 65.2 Å². The van der Waals surface area contributed by atoms with Gasteiger partial charge in [-0.15, -0.1) is 6.58 Å². The van der Waals surface area contributed by atoms with Crippen LogP contribution in [0.3, 0.4) is 0 Å². The van der Waals surface area contributed by atoms with Crippen molar-refractivity contribution in [2.75, 3.05) is 0 Å². The van der Waals surface area contributed by atoms with Crippen LogP contribution < -0.4 is 0 Å². The van der Waals surface area contributed by atoms with Gasteiger partial charge < -0.3 is 0 Å². The highest BCUT2D eigenvalue weighted by molar-refractivity contribution is 5.88. The summed E-state index contributed by atoms with van der Waals surface area (Å²) in [4.78, 5) is 24.6. The first-order valence-electron chi connectivity index (χ1n) is 9.57. The van der Waals surface area contributed by atoms with Gasteiger partial charge in [-0.05, 0) is 67.1 Å². The largest absolute Gasteiger partial charge is 0.300 e. The van der Waals surface area contributed by atoms with Gasteiger partial charge in [-0.1, -0.05) is 19.9 Å². The van der Waals surface area contributed by atoms with Crippen molar-refractivity contribution < 1.29 is 9.59 Å². The summed E-state index contributed by atoms with van der Waals surface area (Å²) in [5.41, 5.74) is 0.225. The lowest BCUT2D eigenvalue weighted by molar-refractivity contribution is -0.145. The molecule has 126 valence electrons. The van der Waals surface area contributed by atoms with E-state index in [9.17, 15) is 9.59 Å². The monoisotopic (exact) mass is 314 g/mol. The van der Waals surface area contributed by atoms with Crippen LogP contribution in [-0.2, 0) is 9.59 Å². The van der Waals surface area contributed by atoms with E-state index in [-0.39, 0.29) is 5.41 Å². The maximum atomic E-state index is 12.7. The Morgan fingerprint density at radius 2 is 1.87 bits per heavy atom. The highest BCUT2D eigenvalue weighted by Crippen LogP contribution is 2.66. The van der Waals surface area contributed by atoms with Crippen molar-refractivity contribution >= 4 is 11.6 Å². The SMILES string of the molecule is C=CC1CC(=O)[C@@]2(C)CC[C@H]3[C@@H](CC[C@H]4CC(=O)CC[C@@]43C)[C@H]12. The second-order valence-corrected chi connectivity index (χ2v) is 9.30. The number of carbonyl (C=O) groups is 2. The molecule has 0 aliphatic heterocycles. The lowest BCUT2D eigenvalue weighted by Crippen LogP contribution is -2.54. The van der Waals surface area contributed by atoms with E-state index in [4.69, 9.17) is 0 Å². The lowest BCUT2D eigenvalue weighted by Gasteiger charge is -2.59. The van der Waals surface area contributed by atoms with Crippen molar-refractivity contribution in [3.63, 3.8) is 0 Å². The zero-order valence-electron chi connectivity index (χ0n) is 14.6. The molecule has 0 amide bonds. The van der Waals surface area contributed by atoms with Gasteiger partial charge in [0.05, 0.1) is 0 Å². The fraction of sp³-hybridized carbons (Fsp3) is 0.810. The zero-order chi connectivity index (χ0) is 16.4. The lowest BCUT2D eigenvalue weighted by atomic mass is 9.44. The van der Waals surface area contributed by atoms with E-state index < -0.39 is 0 Å². The molecular weight excluding hydrogens is 284 g/mol. The van der Waals surface area contributed by atoms with Gasteiger partial charge in [0, 0.05) is 24.7 Å². The van der Waals surface area contributed by atoms with E-state index in [0.717, 1.165) is 25.7 Å². The Morgan fingerprint density at radius 1 is 1.09 bits per heavy atom. The molecule has 0 radical (unpaired) electrons. The fourth-order valence-electron chi connectivity index (χ4n) is 7.21. The molecule has 1 unspecified atom stereocenters. The number of rotatable bonds is 1. The smallest absolute Gasteiger partial charge is 0.139 e. The van der Waals surface area contributed by atoms with Crippen LogP contribution >= 0.6 is 0 Å². The number of fused-ring (bicyclic) bond motifs is 5. The minimum absolute atomic E-state index is 0.103. The van der Waals surface area contributed by atoms with Crippen LogP contribution in [0.15, 0.2) is 12.7 Å². The summed E-state index contributed by atoms with van der Waals surface area (Å²) in [6, 6.07) is 0. The molecule has 0 bridgehead atoms. The molecule has 0 N–H and O–H groups in total. The molecule has 4 aliphatic carbocycles. The molecule has 0 aromatic carbocycles. The molecule has 4 fully saturated rings. The number of allylic oxidation sites excluding steroid dienone is 1. The highest BCUT2D eigenvalue weighted by Gasteiger charge is 2.62. The molecule has 4 aliphatic rings. The summed E-state index contributed by atoms with van der Waals surface area (Å²) in [6.07, 6.45) is 10.1. The molecule has 0 aromatic heterocycles. The summed E-state index contributed by atoms with van der Waals surface area (Å²) in [5.74, 6) is 3.81. The predicted molar refractivity (Wildman–Crippen MR) is 90.8 cm³/mol. The van der Waals surface area contributed by atoms with E-state index >= 15 is 0 Å². The Bertz CT molecular complexity index is 564. The van der Waals surface area contributed by atoms with Gasteiger partial charge in [0.15, 0.2) is 0 Å². The summed E-state index contributed by atoms with van der Waals surface area (Å²) in [6.45, 7) is 8.75. The van der Waals surface area contributed by atoms with Crippen molar-refractivity contribution in [1.29, 1.82) is 0 Å². The Balaban J connectivity index is 1.69. The molecule has 2 heteroatoms. The molecule has 0 spiro atoms. The predicted octanol–water partition coefficient (Wildman–Crippen LogP) is 4.58. The first-order valence-corrected chi connectivity index (χ1v) is 9.57. The third-order valence-electron chi connectivity index (χ3n) is 8.56. The van der Waals surface area contributed by atoms with Crippen LogP contribution in [0.2, 0.25) is 0 Å². The molecule has 0 saturated heterocycles. The second-order valence-electron chi connectivity index (χ2n) is 9.30. The van der Waals surface area contributed by atoms with Crippen LogP contribution in [0.1, 0.15) is 65.2 Å². The minimum Gasteiger partial charge on any atom is -0.300 e. The fourth-order valence-corrected chi connectivity index (χ4v) is 7.21. The Morgan fingerprint density at radius 3 is 2.61 bits per heavy atom. The number of Topliss-reactive ketones (excluding diaryl/α,β-unsaturated/α-hetero) is 2. The summed E-state index contributed by atoms with van der Waals surface area (Å²) < 4.78 is 0. The van der Waals surface area contributed by atoms with Gasteiger partial charge in [0.1, 0.15) is 11.6 Å². The van der Waals surface area contributed by atoms with E-state index in [1.54, 1.807) is 0 Å². The zero-order valence-corrected chi connectivity index (χ0v) is 14.6. The van der Waals surface area contributed by atoms with Crippen molar-refractivity contribution in [3.05, 3.63) is 12.7 Å². The molecule has 0 heterocycles. The van der Waals surface area contributed by atoms with Gasteiger partial charge >= 0.3 is 0 Å². The normalized spacial score (nSPS) is 52.5. The standard InChI is InChI=1S/C21H30O2/c1-4-13-11-18(23)21(3)10-8-17-16(19(13)21)6-5-14-12-15(22)7-9-20(14,17)2/h4,13-14,16-17,19H,1,5-12H2,2-3H3/t13?,14-,16+,17-,19-,20-,21+/m0/s1. The highest BCUT2D eigenvalue weighted by atomic mass is 16.1. The molecule has 23 heavy (non-hydrogen) atoms. The van der Waals surface area contributed by atoms with Crippen molar-refractivity contribution in [1.82, 2.24) is 0 Å². The molecule has 0 aromatic rings. The first kappa shape index (κ1) is 15.6. The molecule has 7 atom stereocenters. The van der Waals surface area contributed by atoms with Gasteiger partial charge in [-0.3, -0.25) is 9.59 Å². The topological polar surface area (TPSA) is 34.1 Å². The quantitative estimate of drug-likeness (QED) is 0.664. The van der Waals surface area contributed by atoms with Gasteiger partial charge in [-0.2, -0.15) is 0 Å². The Kier molecular flexibility index (Phi) is 3.42. The summed E-state index contributed by atoms with van der Waals surface area (Å²) in [7, 11) is 0. The third kappa shape index (κ3) is 1.99. The van der Waals surface area contributed by atoms with Crippen LogP contribution in [0.5, 0.6) is 0 Å². The van der Waals surface area contributed by atoms with Crippen molar-refractivity contribution in [3.8, 4) is 0 Å².